The Morgan fingerprint density at radius 3 is 2.64 bits per heavy atom. The van der Waals surface area contributed by atoms with Crippen LogP contribution in [0.4, 0.5) is 0 Å². The monoisotopic (exact) mass is 311 g/mol. The molecule has 0 aliphatic carbocycles. The van der Waals surface area contributed by atoms with E-state index in [1.165, 1.54) is 0 Å². The van der Waals surface area contributed by atoms with Gasteiger partial charge < -0.3 is 19.3 Å². The molecule has 0 radical (unpaired) electrons. The molecule has 2 heterocycles. The third-order valence-electron chi connectivity index (χ3n) is 3.77. The number of hydrogen-bond donors (Lipinski definition) is 1. The highest BCUT2D eigenvalue weighted by Gasteiger charge is 2.29. The molecule has 1 atom stereocenters. The van der Waals surface area contributed by atoms with E-state index in [4.69, 9.17) is 14.0 Å². The number of ether oxygens (including phenoxy) is 2. The van der Waals surface area contributed by atoms with Crippen LogP contribution in [-0.2, 0) is 20.4 Å². The van der Waals surface area contributed by atoms with Crippen molar-refractivity contribution in [2.45, 2.75) is 64.5 Å². The van der Waals surface area contributed by atoms with E-state index in [1.54, 1.807) is 0 Å². The second kappa shape index (κ2) is 7.06. The average molecular weight is 311 g/mol. The van der Waals surface area contributed by atoms with Gasteiger partial charge in [0, 0.05) is 18.6 Å². The summed E-state index contributed by atoms with van der Waals surface area (Å²) < 4.78 is 16.5. The highest BCUT2D eigenvalue weighted by Crippen LogP contribution is 2.23. The van der Waals surface area contributed by atoms with Gasteiger partial charge in [-0.15, -0.1) is 0 Å². The zero-order valence-electron chi connectivity index (χ0n) is 14.4. The maximum Gasteiger partial charge on any atom is 0.232 e. The van der Waals surface area contributed by atoms with Crippen LogP contribution in [-0.4, -0.2) is 42.6 Å². The zero-order chi connectivity index (χ0) is 16.2. The minimum Gasteiger partial charge on any atom is -0.377 e. The molecule has 1 saturated heterocycles. The van der Waals surface area contributed by atoms with Crippen molar-refractivity contribution >= 4 is 0 Å². The minimum absolute atomic E-state index is 0.133. The summed E-state index contributed by atoms with van der Waals surface area (Å²) >= 11 is 0. The molecule has 0 aromatic carbocycles. The molecule has 1 aliphatic heterocycles. The third kappa shape index (κ3) is 4.76. The molecule has 1 aliphatic rings. The van der Waals surface area contributed by atoms with E-state index in [0.29, 0.717) is 24.9 Å². The Bertz CT molecular complexity index is 459. The summed E-state index contributed by atoms with van der Waals surface area (Å²) in [5.74, 6) is 1.34. The van der Waals surface area contributed by atoms with Gasteiger partial charge in [-0.1, -0.05) is 25.9 Å². The van der Waals surface area contributed by atoms with Crippen LogP contribution in [0, 0.1) is 0 Å². The number of rotatable bonds is 7. The van der Waals surface area contributed by atoms with Crippen LogP contribution >= 0.6 is 0 Å². The Hall–Kier alpha value is -0.980. The fraction of sp³-hybridized carbons (Fsp3) is 0.875. The topological polar surface area (TPSA) is 69.4 Å². The molecule has 0 saturated carbocycles. The molecular formula is C16H29N3O3. The lowest BCUT2D eigenvalue weighted by molar-refractivity contribution is 0.0169. The smallest absolute Gasteiger partial charge is 0.232 e. The molecule has 1 aromatic rings. The van der Waals surface area contributed by atoms with Gasteiger partial charge in [-0.25, -0.2) is 0 Å². The molecule has 1 aromatic heterocycles. The molecule has 1 N–H and O–H groups in total. The molecule has 0 amide bonds. The lowest BCUT2D eigenvalue weighted by atomic mass is 9.97. The highest BCUT2D eigenvalue weighted by molar-refractivity contribution is 5.05. The van der Waals surface area contributed by atoms with Gasteiger partial charge in [-0.2, -0.15) is 4.98 Å². The summed E-state index contributed by atoms with van der Waals surface area (Å²) in [6, 6.07) is 0. The normalized spacial score (nSPS) is 19.8. The molecule has 6 heteroatoms. The van der Waals surface area contributed by atoms with E-state index in [-0.39, 0.29) is 17.1 Å². The standard InChI is InChI=1S/C16H29N3O3/c1-15(2,3)14-18-13(19-22-14)16(4,5)17-8-10-20-11-12-7-6-9-21-12/h12,17H,6-11H2,1-5H3/t12-/m0/s1. The lowest BCUT2D eigenvalue weighted by Gasteiger charge is -2.22. The first kappa shape index (κ1) is 17.4. The first-order chi connectivity index (χ1) is 10.3. The minimum atomic E-state index is -0.347. The van der Waals surface area contributed by atoms with E-state index in [1.807, 2.05) is 13.8 Å². The van der Waals surface area contributed by atoms with Gasteiger partial charge in [0.2, 0.25) is 5.89 Å². The Morgan fingerprint density at radius 2 is 2.05 bits per heavy atom. The average Bonchev–Trinajstić information content (AvgIpc) is 3.09. The fourth-order valence-electron chi connectivity index (χ4n) is 2.29. The molecular weight excluding hydrogens is 282 g/mol. The summed E-state index contributed by atoms with van der Waals surface area (Å²) in [5.41, 5.74) is -0.480. The van der Waals surface area contributed by atoms with Crippen LogP contribution in [0.1, 0.15) is 59.2 Å². The summed E-state index contributed by atoms with van der Waals surface area (Å²) in [6.45, 7) is 13.2. The Balaban J connectivity index is 1.74. The van der Waals surface area contributed by atoms with Gasteiger partial charge in [0.25, 0.3) is 0 Å². The van der Waals surface area contributed by atoms with Crippen LogP contribution in [0.2, 0.25) is 0 Å². The summed E-state index contributed by atoms with van der Waals surface area (Å²) in [7, 11) is 0. The quantitative estimate of drug-likeness (QED) is 0.780. The van der Waals surface area contributed by atoms with E-state index in [2.05, 4.69) is 36.2 Å². The molecule has 0 bridgehead atoms. The Kier molecular flexibility index (Phi) is 5.58. The van der Waals surface area contributed by atoms with Crippen LogP contribution < -0.4 is 5.32 Å². The largest absolute Gasteiger partial charge is 0.377 e. The summed E-state index contributed by atoms with van der Waals surface area (Å²) in [6.07, 6.45) is 2.53. The number of hydrogen-bond acceptors (Lipinski definition) is 6. The number of nitrogens with zero attached hydrogens (tertiary/aromatic N) is 2. The lowest BCUT2D eigenvalue weighted by Crippen LogP contribution is -2.40. The van der Waals surface area contributed by atoms with Gasteiger partial charge in [0.15, 0.2) is 5.82 Å². The van der Waals surface area contributed by atoms with Crippen molar-refractivity contribution < 1.29 is 14.0 Å². The molecule has 126 valence electrons. The second-order valence-electron chi connectivity index (χ2n) is 7.43. The van der Waals surface area contributed by atoms with Crippen molar-refractivity contribution in [3.8, 4) is 0 Å². The fourth-order valence-corrected chi connectivity index (χ4v) is 2.29. The third-order valence-corrected chi connectivity index (χ3v) is 3.77. The first-order valence-electron chi connectivity index (χ1n) is 8.08. The second-order valence-corrected chi connectivity index (χ2v) is 7.43. The van der Waals surface area contributed by atoms with Gasteiger partial charge in [-0.05, 0) is 26.7 Å². The van der Waals surface area contributed by atoms with Gasteiger partial charge in [0.1, 0.15) is 0 Å². The van der Waals surface area contributed by atoms with Crippen LogP contribution in [0.15, 0.2) is 4.52 Å². The van der Waals surface area contributed by atoms with Gasteiger partial charge in [0.05, 0.1) is 24.9 Å². The number of aromatic nitrogens is 2. The van der Waals surface area contributed by atoms with Gasteiger partial charge >= 0.3 is 0 Å². The molecule has 0 unspecified atom stereocenters. The van der Waals surface area contributed by atoms with E-state index >= 15 is 0 Å². The van der Waals surface area contributed by atoms with Crippen LogP contribution in [0.5, 0.6) is 0 Å². The number of nitrogens with one attached hydrogen (secondary N) is 1. The molecule has 2 rings (SSSR count). The van der Waals surface area contributed by atoms with Crippen molar-refractivity contribution in [1.29, 1.82) is 0 Å². The van der Waals surface area contributed by atoms with Crippen molar-refractivity contribution in [3.05, 3.63) is 11.7 Å². The summed E-state index contributed by atoms with van der Waals surface area (Å²) in [4.78, 5) is 4.51. The van der Waals surface area contributed by atoms with E-state index in [9.17, 15) is 0 Å². The van der Waals surface area contributed by atoms with Gasteiger partial charge in [-0.3, -0.25) is 0 Å². The predicted molar refractivity (Wildman–Crippen MR) is 83.8 cm³/mol. The van der Waals surface area contributed by atoms with Crippen molar-refractivity contribution in [1.82, 2.24) is 15.5 Å². The highest BCUT2D eigenvalue weighted by atomic mass is 16.5. The summed E-state index contributed by atoms with van der Waals surface area (Å²) in [5, 5.41) is 7.52. The van der Waals surface area contributed by atoms with Crippen molar-refractivity contribution in [3.63, 3.8) is 0 Å². The first-order valence-corrected chi connectivity index (χ1v) is 8.08. The van der Waals surface area contributed by atoms with Crippen LogP contribution in [0.25, 0.3) is 0 Å². The molecule has 22 heavy (non-hydrogen) atoms. The van der Waals surface area contributed by atoms with Crippen LogP contribution in [0.3, 0.4) is 0 Å². The predicted octanol–water partition coefficient (Wildman–Crippen LogP) is 2.39. The van der Waals surface area contributed by atoms with Crippen molar-refractivity contribution in [2.24, 2.45) is 0 Å². The molecule has 1 fully saturated rings. The molecule has 6 nitrogen and oxygen atoms in total. The van der Waals surface area contributed by atoms with Crippen molar-refractivity contribution in [2.75, 3.05) is 26.4 Å². The maximum atomic E-state index is 5.66. The maximum absolute atomic E-state index is 5.66. The Labute approximate surface area is 132 Å². The van der Waals surface area contributed by atoms with E-state index < -0.39 is 0 Å². The van der Waals surface area contributed by atoms with E-state index in [0.717, 1.165) is 26.0 Å². The SMILES string of the molecule is CC(C)(C)c1nc(C(C)(C)NCCOC[C@@H]2CCCO2)no1. The zero-order valence-corrected chi connectivity index (χ0v) is 14.4. The molecule has 0 spiro atoms. The Morgan fingerprint density at radius 1 is 1.27 bits per heavy atom.